The number of methoxy groups -OCH3 is 1. The topological polar surface area (TPSA) is 196 Å². The summed E-state index contributed by atoms with van der Waals surface area (Å²) < 4.78 is 13.9. The molecule has 4 aromatic heterocycles. The van der Waals surface area contributed by atoms with Crippen molar-refractivity contribution < 1.29 is 127 Å². The molecule has 403 valence electrons. The van der Waals surface area contributed by atoms with E-state index < -0.39 is 5.97 Å². The van der Waals surface area contributed by atoms with E-state index in [2.05, 4.69) is 93.2 Å². The van der Waals surface area contributed by atoms with Crippen molar-refractivity contribution in [2.75, 3.05) is 73.6 Å². The van der Waals surface area contributed by atoms with E-state index in [1.165, 1.54) is 17.9 Å². The van der Waals surface area contributed by atoms with Gasteiger partial charge in [0.15, 0.2) is 0 Å². The zero-order chi connectivity index (χ0) is 52.3. The van der Waals surface area contributed by atoms with Gasteiger partial charge in [-0.1, -0.05) is 62.8 Å². The van der Waals surface area contributed by atoms with E-state index in [9.17, 15) is 19.2 Å². The summed E-state index contributed by atoms with van der Waals surface area (Å²) in [4.78, 5) is 46.1. The van der Waals surface area contributed by atoms with E-state index in [0.29, 0.717) is 35.3 Å². The molecule has 0 aliphatic carbocycles. The average molecular weight is 1280 g/mol. The van der Waals surface area contributed by atoms with Crippen LogP contribution in [0.4, 0.5) is 0 Å². The van der Waals surface area contributed by atoms with Crippen molar-refractivity contribution in [1.82, 2.24) is 34.2 Å². The summed E-state index contributed by atoms with van der Waals surface area (Å²) in [5.74, 6) is -1.22. The van der Waals surface area contributed by atoms with Gasteiger partial charge in [0, 0.05) is 194 Å². The van der Waals surface area contributed by atoms with Crippen LogP contribution < -0.4 is 16.0 Å². The Morgan fingerprint density at radius 1 is 0.462 bits per heavy atom. The standard InChI is InChI=1S/C15H19N3O.C15H18N3O.C15H17N2O2.C14H15N2O2.3Y/c2*1-16-15(19)12-3-2-11-6-9-18(14(11)10-12)13-4-7-17-8-5-13;1-19-15(18)12-3-2-11-6-9-17(14(11)10-12)13-4-7-16-8-5-13;17-14(18)11-2-1-10-5-8-16(13(10)9-11)12-3-6-15-7-4-12;;;/h2-3,6,9-10,13,17H,4-5,7-8H2,1H3,(H,16,19);2-3,6,9-10,13H,4-5,7-8H2,1H3,(H,16,19);2-3,6,9-10,13H,4-5,7-8H2,1H3;1-2,5,8-9,12H,3-4,6-7H2,(H,17,18);;;/q;3*-1;;;. The SMILES string of the molecule is CNC(=O)c1ccc2ccn(C3CCNCC3)c2c1.CNC(=O)c1ccc2ccn(C3CC[N-]CC3)c2c1.COC(=O)c1ccc2ccn(C3CC[N-]CC3)c2c1.O=C(O)c1ccc2ccn(C3CC[N-]CC3)c2c1.[Y].[Y].[Y]. The molecule has 4 aliphatic heterocycles. The van der Waals surface area contributed by atoms with Crippen LogP contribution in [-0.2, 0) is 103 Å². The number of amides is 2. The fraction of sp³-hybridized carbons (Fsp3) is 0.390. The minimum absolute atomic E-state index is 0. The van der Waals surface area contributed by atoms with Gasteiger partial charge < -0.3 is 60.0 Å². The molecular formula is C59H69N10O6Y3-3. The molecule has 4 N–H and O–H groups in total. The van der Waals surface area contributed by atoms with Crippen LogP contribution in [0.15, 0.2) is 122 Å². The van der Waals surface area contributed by atoms with Gasteiger partial charge in [-0.15, -0.1) is 39.3 Å². The molecule has 0 spiro atoms. The Morgan fingerprint density at radius 3 is 1.08 bits per heavy atom. The van der Waals surface area contributed by atoms with Crippen LogP contribution in [0.1, 0.15) is 117 Å². The second-order valence-electron chi connectivity index (χ2n) is 19.6. The molecule has 3 radical (unpaired) electrons. The van der Waals surface area contributed by atoms with Crippen LogP contribution in [0, 0.1) is 0 Å². The van der Waals surface area contributed by atoms with Crippen molar-refractivity contribution >= 4 is 67.4 Å². The third-order valence-electron chi connectivity index (χ3n) is 15.1. The quantitative estimate of drug-likeness (QED) is 0.109. The molecule has 2 amide bonds. The van der Waals surface area contributed by atoms with Gasteiger partial charge in [0.25, 0.3) is 11.8 Å². The number of piperidine rings is 4. The van der Waals surface area contributed by atoms with Crippen molar-refractivity contribution in [2.24, 2.45) is 0 Å². The molecule has 0 bridgehead atoms. The zero-order valence-electron chi connectivity index (χ0n) is 45.0. The van der Waals surface area contributed by atoms with Gasteiger partial charge in [-0.05, 0) is 120 Å². The van der Waals surface area contributed by atoms with Crippen molar-refractivity contribution in [1.29, 1.82) is 0 Å². The number of aromatic nitrogens is 4. The normalized spacial score (nSPS) is 16.1. The first-order valence-electron chi connectivity index (χ1n) is 26.4. The summed E-state index contributed by atoms with van der Waals surface area (Å²) in [5, 5.41) is 35.6. The number of benzene rings is 4. The first-order valence-corrected chi connectivity index (χ1v) is 26.4. The molecule has 4 aliphatic rings. The molecule has 8 aromatic rings. The molecule has 4 aromatic carbocycles. The molecule has 4 fully saturated rings. The minimum Gasteiger partial charge on any atom is -0.662 e. The van der Waals surface area contributed by atoms with Crippen LogP contribution in [-0.4, -0.2) is 121 Å². The van der Waals surface area contributed by atoms with Gasteiger partial charge in [-0.3, -0.25) is 9.59 Å². The first kappa shape index (κ1) is 63.3. The Balaban J connectivity index is 0.000000166. The fourth-order valence-electron chi connectivity index (χ4n) is 10.9. The smallest absolute Gasteiger partial charge is 0.337 e. The Labute approximate surface area is 532 Å². The number of ether oxygens (including phenoxy) is 1. The zero-order valence-corrected chi connectivity index (χ0v) is 53.5. The predicted octanol–water partition coefficient (Wildman–Crippen LogP) is 10.8. The maximum atomic E-state index is 11.7. The number of esters is 1. The van der Waals surface area contributed by atoms with Crippen molar-refractivity contribution in [3.05, 3.63) is 160 Å². The van der Waals surface area contributed by atoms with E-state index in [-0.39, 0.29) is 116 Å². The molecule has 8 heterocycles. The minimum atomic E-state index is -0.872. The van der Waals surface area contributed by atoms with Gasteiger partial charge in [-0.25, -0.2) is 9.59 Å². The third kappa shape index (κ3) is 15.3. The fourth-order valence-corrected chi connectivity index (χ4v) is 10.9. The van der Waals surface area contributed by atoms with E-state index in [4.69, 9.17) is 9.84 Å². The summed E-state index contributed by atoms with van der Waals surface area (Å²) in [6, 6.07) is 33.2. The molecular weight excluding hydrogens is 1210 g/mol. The molecule has 4 saturated heterocycles. The van der Waals surface area contributed by atoms with Gasteiger partial charge in [0.1, 0.15) is 0 Å². The number of hydrogen-bond donors (Lipinski definition) is 4. The van der Waals surface area contributed by atoms with Gasteiger partial charge >= 0.3 is 11.9 Å². The number of carbonyl (C=O) groups excluding carboxylic acids is 3. The van der Waals surface area contributed by atoms with Crippen LogP contribution >= 0.6 is 0 Å². The molecule has 12 rings (SSSR count). The summed E-state index contributed by atoms with van der Waals surface area (Å²) in [6.45, 7) is 7.70. The second-order valence-corrected chi connectivity index (χ2v) is 19.6. The molecule has 0 atom stereocenters. The van der Waals surface area contributed by atoms with E-state index >= 15 is 0 Å². The van der Waals surface area contributed by atoms with Crippen LogP contribution in [0.25, 0.3) is 59.6 Å². The largest absolute Gasteiger partial charge is 0.662 e. The number of nitrogens with one attached hydrogen (secondary N) is 3. The van der Waals surface area contributed by atoms with Gasteiger partial charge in [0.2, 0.25) is 0 Å². The molecule has 0 saturated carbocycles. The van der Waals surface area contributed by atoms with Crippen LogP contribution in [0.5, 0.6) is 0 Å². The van der Waals surface area contributed by atoms with Gasteiger partial charge in [0.05, 0.1) is 18.2 Å². The Kier molecular flexibility index (Phi) is 25.0. The molecule has 0 unspecified atom stereocenters. The summed E-state index contributed by atoms with van der Waals surface area (Å²) in [7, 11) is 4.74. The maximum absolute atomic E-state index is 11.7. The average Bonchev–Trinajstić information content (AvgIpc) is 4.31. The van der Waals surface area contributed by atoms with E-state index in [0.717, 1.165) is 148 Å². The maximum Gasteiger partial charge on any atom is 0.337 e. The van der Waals surface area contributed by atoms with Crippen LogP contribution in [0.3, 0.4) is 0 Å². The van der Waals surface area contributed by atoms with Crippen molar-refractivity contribution in [3.63, 3.8) is 0 Å². The number of carboxylic acid groups (broad SMARTS) is 1. The molecule has 16 nitrogen and oxygen atoms in total. The van der Waals surface area contributed by atoms with Crippen molar-refractivity contribution in [2.45, 2.75) is 75.5 Å². The number of hydrogen-bond acceptors (Lipinski definition) is 6. The monoisotopic (exact) mass is 1280 g/mol. The molecule has 19 heteroatoms. The predicted molar refractivity (Wildman–Crippen MR) is 298 cm³/mol. The third-order valence-corrected chi connectivity index (χ3v) is 15.1. The Hall–Kier alpha value is -3.93. The summed E-state index contributed by atoms with van der Waals surface area (Å²) >= 11 is 0. The van der Waals surface area contributed by atoms with E-state index in [1.54, 1.807) is 26.2 Å². The number of aromatic carboxylic acids is 1. The number of carboxylic acids is 1. The van der Waals surface area contributed by atoms with Crippen LogP contribution in [0.2, 0.25) is 0 Å². The number of fused-ring (bicyclic) bond motifs is 4. The number of carbonyl (C=O) groups is 4. The Morgan fingerprint density at radius 2 is 0.756 bits per heavy atom. The summed E-state index contributed by atoms with van der Waals surface area (Å²) in [6.07, 6.45) is 17.2. The van der Waals surface area contributed by atoms with Gasteiger partial charge in [-0.2, -0.15) is 0 Å². The Bertz CT molecular complexity index is 2990. The second kappa shape index (κ2) is 30.8. The van der Waals surface area contributed by atoms with E-state index in [1.807, 2.05) is 66.7 Å². The number of nitrogens with zero attached hydrogens (tertiary/aromatic N) is 7. The van der Waals surface area contributed by atoms with Crippen molar-refractivity contribution in [3.8, 4) is 0 Å². The molecule has 78 heavy (non-hydrogen) atoms. The first-order chi connectivity index (χ1) is 36.6. The number of rotatable bonds is 8. The summed E-state index contributed by atoms with van der Waals surface area (Å²) in [5.41, 5.74) is 6.83.